The molecule has 15 heavy (non-hydrogen) atoms. The van der Waals surface area contributed by atoms with Gasteiger partial charge in [0.25, 0.3) is 0 Å². The van der Waals surface area contributed by atoms with Crippen LogP contribution in [0.25, 0.3) is 0 Å². The SMILES string of the molecule is CC(Nc1ncccc1N)C1CCCO1. The Morgan fingerprint density at radius 2 is 2.53 bits per heavy atom. The van der Waals surface area contributed by atoms with Gasteiger partial charge in [0, 0.05) is 12.8 Å². The summed E-state index contributed by atoms with van der Waals surface area (Å²) in [5, 5.41) is 3.29. The first-order valence-electron chi connectivity index (χ1n) is 5.36. The third-order valence-electron chi connectivity index (χ3n) is 2.73. The molecule has 1 aliphatic heterocycles. The molecule has 82 valence electrons. The van der Waals surface area contributed by atoms with Gasteiger partial charge in [-0.2, -0.15) is 0 Å². The molecule has 1 fully saturated rings. The number of nitrogens with two attached hydrogens (primary N) is 1. The average Bonchev–Trinajstić information content (AvgIpc) is 2.74. The summed E-state index contributed by atoms with van der Waals surface area (Å²) in [7, 11) is 0. The highest BCUT2D eigenvalue weighted by atomic mass is 16.5. The lowest BCUT2D eigenvalue weighted by atomic mass is 10.1. The molecule has 2 atom stereocenters. The van der Waals surface area contributed by atoms with Crippen molar-refractivity contribution in [1.29, 1.82) is 0 Å². The number of nitrogen functional groups attached to an aromatic ring is 1. The van der Waals surface area contributed by atoms with Crippen molar-refractivity contribution in [3.05, 3.63) is 18.3 Å². The highest BCUT2D eigenvalue weighted by Gasteiger charge is 2.22. The number of nitrogens with one attached hydrogen (secondary N) is 1. The molecular weight excluding hydrogens is 190 g/mol. The zero-order valence-electron chi connectivity index (χ0n) is 8.94. The Bertz CT molecular complexity index is 323. The van der Waals surface area contributed by atoms with Gasteiger partial charge in [0.15, 0.2) is 0 Å². The van der Waals surface area contributed by atoms with Gasteiger partial charge in [0.2, 0.25) is 0 Å². The van der Waals surface area contributed by atoms with E-state index in [0.29, 0.717) is 5.69 Å². The van der Waals surface area contributed by atoms with E-state index in [4.69, 9.17) is 10.5 Å². The molecule has 0 spiro atoms. The van der Waals surface area contributed by atoms with Gasteiger partial charge in [-0.05, 0) is 31.9 Å². The van der Waals surface area contributed by atoms with Gasteiger partial charge >= 0.3 is 0 Å². The summed E-state index contributed by atoms with van der Waals surface area (Å²) >= 11 is 0. The summed E-state index contributed by atoms with van der Waals surface area (Å²) in [5.41, 5.74) is 6.48. The topological polar surface area (TPSA) is 60.2 Å². The number of hydrogen-bond donors (Lipinski definition) is 2. The standard InChI is InChI=1S/C11H17N3O/c1-8(10-5-3-7-15-10)14-11-9(12)4-2-6-13-11/h2,4,6,8,10H,3,5,7,12H2,1H3,(H,13,14). The molecular formula is C11H17N3O. The molecule has 1 saturated heterocycles. The monoisotopic (exact) mass is 207 g/mol. The van der Waals surface area contributed by atoms with Crippen molar-refractivity contribution < 1.29 is 4.74 Å². The number of rotatable bonds is 3. The Balaban J connectivity index is 1.99. The first-order valence-corrected chi connectivity index (χ1v) is 5.36. The molecule has 2 unspecified atom stereocenters. The van der Waals surface area contributed by atoms with Gasteiger partial charge in [-0.3, -0.25) is 0 Å². The number of ether oxygens (including phenoxy) is 1. The van der Waals surface area contributed by atoms with E-state index >= 15 is 0 Å². The Labute approximate surface area is 89.8 Å². The van der Waals surface area contributed by atoms with E-state index in [9.17, 15) is 0 Å². The highest BCUT2D eigenvalue weighted by molar-refractivity contribution is 5.60. The lowest BCUT2D eigenvalue weighted by Gasteiger charge is -2.21. The van der Waals surface area contributed by atoms with Crippen molar-refractivity contribution in [2.24, 2.45) is 0 Å². The van der Waals surface area contributed by atoms with Gasteiger partial charge in [0.1, 0.15) is 5.82 Å². The second kappa shape index (κ2) is 4.49. The fourth-order valence-corrected chi connectivity index (χ4v) is 1.84. The summed E-state index contributed by atoms with van der Waals surface area (Å²) in [6, 6.07) is 3.93. The van der Waals surface area contributed by atoms with Crippen LogP contribution in [0.4, 0.5) is 11.5 Å². The van der Waals surface area contributed by atoms with Crippen LogP contribution >= 0.6 is 0 Å². The Morgan fingerprint density at radius 3 is 3.20 bits per heavy atom. The van der Waals surface area contributed by atoms with Gasteiger partial charge in [-0.1, -0.05) is 0 Å². The molecule has 1 aromatic heterocycles. The summed E-state index contributed by atoms with van der Waals surface area (Å²) in [6.45, 7) is 2.97. The van der Waals surface area contributed by atoms with E-state index in [1.165, 1.54) is 0 Å². The van der Waals surface area contributed by atoms with Crippen molar-refractivity contribution in [2.75, 3.05) is 17.7 Å². The maximum atomic E-state index is 5.80. The molecule has 0 aliphatic carbocycles. The predicted molar refractivity (Wildman–Crippen MR) is 60.7 cm³/mol. The fraction of sp³-hybridized carbons (Fsp3) is 0.545. The van der Waals surface area contributed by atoms with Crippen LogP contribution in [0.1, 0.15) is 19.8 Å². The number of aromatic nitrogens is 1. The third kappa shape index (κ3) is 2.39. The quantitative estimate of drug-likeness (QED) is 0.791. The lowest BCUT2D eigenvalue weighted by molar-refractivity contribution is 0.0996. The number of hydrogen-bond acceptors (Lipinski definition) is 4. The molecule has 1 aliphatic rings. The van der Waals surface area contributed by atoms with Crippen molar-refractivity contribution in [3.63, 3.8) is 0 Å². The van der Waals surface area contributed by atoms with E-state index in [0.717, 1.165) is 25.3 Å². The zero-order valence-corrected chi connectivity index (χ0v) is 8.94. The molecule has 0 aromatic carbocycles. The average molecular weight is 207 g/mol. The first-order chi connectivity index (χ1) is 7.27. The Morgan fingerprint density at radius 1 is 1.67 bits per heavy atom. The minimum atomic E-state index is 0.254. The van der Waals surface area contributed by atoms with E-state index in [1.54, 1.807) is 6.20 Å². The molecule has 3 N–H and O–H groups in total. The number of anilines is 2. The van der Waals surface area contributed by atoms with Gasteiger partial charge in [0.05, 0.1) is 17.8 Å². The number of pyridine rings is 1. The Hall–Kier alpha value is -1.29. The molecule has 4 heteroatoms. The van der Waals surface area contributed by atoms with Gasteiger partial charge in [-0.15, -0.1) is 0 Å². The van der Waals surface area contributed by atoms with Gasteiger partial charge < -0.3 is 15.8 Å². The summed E-state index contributed by atoms with van der Waals surface area (Å²) in [4.78, 5) is 4.20. The molecule has 1 aromatic rings. The summed E-state index contributed by atoms with van der Waals surface area (Å²) < 4.78 is 5.60. The normalized spacial score (nSPS) is 22.6. The van der Waals surface area contributed by atoms with Crippen LogP contribution in [0.3, 0.4) is 0 Å². The highest BCUT2D eigenvalue weighted by Crippen LogP contribution is 2.20. The molecule has 2 rings (SSSR count). The summed E-state index contributed by atoms with van der Waals surface area (Å²) in [6.07, 6.45) is 4.28. The van der Waals surface area contributed by atoms with Crippen LogP contribution in [0.5, 0.6) is 0 Å². The smallest absolute Gasteiger partial charge is 0.149 e. The van der Waals surface area contributed by atoms with Crippen LogP contribution in [-0.4, -0.2) is 23.7 Å². The number of nitrogens with zero attached hydrogens (tertiary/aromatic N) is 1. The van der Waals surface area contributed by atoms with Crippen LogP contribution in [-0.2, 0) is 4.74 Å². The van der Waals surface area contributed by atoms with Gasteiger partial charge in [-0.25, -0.2) is 4.98 Å². The van der Waals surface area contributed by atoms with E-state index in [-0.39, 0.29) is 12.1 Å². The molecule has 2 heterocycles. The largest absolute Gasteiger partial charge is 0.396 e. The van der Waals surface area contributed by atoms with Crippen molar-refractivity contribution in [2.45, 2.75) is 31.9 Å². The molecule has 0 radical (unpaired) electrons. The van der Waals surface area contributed by atoms with Crippen LogP contribution in [0, 0.1) is 0 Å². The predicted octanol–water partition coefficient (Wildman–Crippen LogP) is 1.64. The molecule has 0 amide bonds. The minimum absolute atomic E-state index is 0.254. The van der Waals surface area contributed by atoms with Crippen LogP contribution < -0.4 is 11.1 Å². The maximum Gasteiger partial charge on any atom is 0.149 e. The Kier molecular flexibility index (Phi) is 3.06. The van der Waals surface area contributed by atoms with Crippen molar-refractivity contribution >= 4 is 11.5 Å². The third-order valence-corrected chi connectivity index (χ3v) is 2.73. The van der Waals surface area contributed by atoms with E-state index < -0.39 is 0 Å². The van der Waals surface area contributed by atoms with Crippen molar-refractivity contribution in [1.82, 2.24) is 4.98 Å². The van der Waals surface area contributed by atoms with E-state index in [1.807, 2.05) is 12.1 Å². The first kappa shape index (κ1) is 10.2. The fourth-order valence-electron chi connectivity index (χ4n) is 1.84. The van der Waals surface area contributed by atoms with Crippen molar-refractivity contribution in [3.8, 4) is 0 Å². The van der Waals surface area contributed by atoms with E-state index in [2.05, 4.69) is 17.2 Å². The molecule has 0 bridgehead atoms. The van der Waals surface area contributed by atoms with Crippen LogP contribution in [0.2, 0.25) is 0 Å². The zero-order chi connectivity index (χ0) is 10.7. The minimum Gasteiger partial charge on any atom is -0.396 e. The second-order valence-corrected chi connectivity index (χ2v) is 3.93. The summed E-state index contributed by atoms with van der Waals surface area (Å²) in [5.74, 6) is 0.750. The van der Waals surface area contributed by atoms with Crippen LogP contribution in [0.15, 0.2) is 18.3 Å². The maximum absolute atomic E-state index is 5.80. The second-order valence-electron chi connectivity index (χ2n) is 3.93. The lowest BCUT2D eigenvalue weighted by Crippen LogP contribution is -2.30. The molecule has 4 nitrogen and oxygen atoms in total. The molecule has 0 saturated carbocycles.